The number of carbonyl (C=O) groups is 1. The van der Waals surface area contributed by atoms with E-state index in [1.807, 2.05) is 18.2 Å². The van der Waals surface area contributed by atoms with Crippen molar-refractivity contribution in [3.63, 3.8) is 0 Å². The van der Waals surface area contributed by atoms with Gasteiger partial charge in [-0.2, -0.15) is 0 Å². The molecule has 166 valence electrons. The van der Waals surface area contributed by atoms with Gasteiger partial charge in [0, 0.05) is 43.5 Å². The van der Waals surface area contributed by atoms with Crippen molar-refractivity contribution < 1.29 is 15.0 Å². The van der Waals surface area contributed by atoms with Crippen molar-refractivity contribution >= 4 is 5.91 Å². The van der Waals surface area contributed by atoms with Crippen LogP contribution in [-0.4, -0.2) is 68.9 Å². The van der Waals surface area contributed by atoms with Crippen LogP contribution < -0.4 is 5.32 Å². The van der Waals surface area contributed by atoms with Crippen molar-refractivity contribution in [2.45, 2.75) is 62.2 Å². The Morgan fingerprint density at radius 1 is 1.00 bits per heavy atom. The van der Waals surface area contributed by atoms with Crippen LogP contribution in [0, 0.1) is 0 Å². The van der Waals surface area contributed by atoms with Gasteiger partial charge in [-0.15, -0.1) is 0 Å². The zero-order valence-corrected chi connectivity index (χ0v) is 17.9. The van der Waals surface area contributed by atoms with Crippen LogP contribution in [0.1, 0.15) is 54.7 Å². The third-order valence-corrected chi connectivity index (χ3v) is 6.99. The number of rotatable bonds is 5. The van der Waals surface area contributed by atoms with E-state index in [1.165, 1.54) is 5.56 Å². The SMILES string of the molecule is O=C(NC[C@@]1(c2ccccc2)CC[C@H](O)[C@@H](N2CCC(O)CC2)CC1)c1ncccn1. The van der Waals surface area contributed by atoms with Gasteiger partial charge in [0.2, 0.25) is 5.82 Å². The molecule has 0 radical (unpaired) electrons. The number of piperidine rings is 1. The molecule has 0 unspecified atom stereocenters. The van der Waals surface area contributed by atoms with Crippen LogP contribution >= 0.6 is 0 Å². The van der Waals surface area contributed by atoms with Gasteiger partial charge >= 0.3 is 0 Å². The van der Waals surface area contributed by atoms with Crippen LogP contribution in [0.3, 0.4) is 0 Å². The number of amides is 1. The third kappa shape index (κ3) is 5.11. The topological polar surface area (TPSA) is 98.6 Å². The maximum Gasteiger partial charge on any atom is 0.289 e. The van der Waals surface area contributed by atoms with Crippen molar-refractivity contribution in [2.75, 3.05) is 19.6 Å². The lowest BCUT2D eigenvalue weighted by Crippen LogP contribution is -2.48. The molecule has 7 heteroatoms. The monoisotopic (exact) mass is 424 g/mol. The number of nitrogens with zero attached hydrogens (tertiary/aromatic N) is 3. The molecule has 1 aromatic carbocycles. The Labute approximate surface area is 183 Å². The summed E-state index contributed by atoms with van der Waals surface area (Å²) in [6, 6.07) is 12.1. The molecule has 1 aromatic heterocycles. The van der Waals surface area contributed by atoms with Crippen molar-refractivity contribution in [1.82, 2.24) is 20.2 Å². The molecule has 7 nitrogen and oxygen atoms in total. The smallest absolute Gasteiger partial charge is 0.289 e. The summed E-state index contributed by atoms with van der Waals surface area (Å²) in [5, 5.41) is 23.9. The number of nitrogens with one attached hydrogen (secondary N) is 1. The van der Waals surface area contributed by atoms with Gasteiger partial charge in [0.15, 0.2) is 0 Å². The van der Waals surface area contributed by atoms with Crippen molar-refractivity contribution in [3.8, 4) is 0 Å². The number of aliphatic hydroxyl groups excluding tert-OH is 2. The number of carbonyl (C=O) groups excluding carboxylic acids is 1. The van der Waals surface area contributed by atoms with Gasteiger partial charge in [0.05, 0.1) is 12.2 Å². The molecule has 31 heavy (non-hydrogen) atoms. The van der Waals surface area contributed by atoms with Crippen molar-refractivity contribution in [3.05, 3.63) is 60.2 Å². The van der Waals surface area contributed by atoms with Crippen molar-refractivity contribution in [1.29, 1.82) is 0 Å². The number of hydrogen-bond acceptors (Lipinski definition) is 6. The van der Waals surface area contributed by atoms with Gasteiger partial charge in [-0.05, 0) is 50.2 Å². The lowest BCUT2D eigenvalue weighted by molar-refractivity contribution is 0.00482. The van der Waals surface area contributed by atoms with Gasteiger partial charge in [-0.25, -0.2) is 9.97 Å². The molecule has 2 fully saturated rings. The quantitative estimate of drug-likeness (QED) is 0.634. The molecule has 4 rings (SSSR count). The molecule has 2 heterocycles. The van der Waals surface area contributed by atoms with E-state index in [4.69, 9.17) is 0 Å². The molecule has 0 bridgehead atoms. The normalized spacial score (nSPS) is 28.1. The van der Waals surface area contributed by atoms with E-state index in [-0.39, 0.29) is 29.3 Å². The van der Waals surface area contributed by atoms with Crippen LogP contribution in [-0.2, 0) is 5.41 Å². The minimum atomic E-state index is -0.408. The molecule has 1 aliphatic carbocycles. The summed E-state index contributed by atoms with van der Waals surface area (Å²) >= 11 is 0. The fourth-order valence-electron chi connectivity index (χ4n) is 5.11. The summed E-state index contributed by atoms with van der Waals surface area (Å²) in [7, 11) is 0. The number of aromatic nitrogens is 2. The second-order valence-electron chi connectivity index (χ2n) is 8.88. The van der Waals surface area contributed by atoms with Gasteiger partial charge in [-0.1, -0.05) is 30.3 Å². The standard InChI is InChI=1S/C24H32N4O3/c29-19-9-15-28(16-10-19)20-7-11-24(12-8-21(20)30,18-5-2-1-3-6-18)17-27-23(31)22-25-13-4-14-26-22/h1-6,13-14,19-21,29-30H,7-12,15-17H2,(H,27,31)/t20-,21-,24-/m0/s1. The summed E-state index contributed by atoms with van der Waals surface area (Å²) in [5.41, 5.74) is 0.933. The molecule has 1 saturated carbocycles. The highest BCUT2D eigenvalue weighted by atomic mass is 16.3. The first-order valence-electron chi connectivity index (χ1n) is 11.3. The van der Waals surface area contributed by atoms with Crippen molar-refractivity contribution in [2.24, 2.45) is 0 Å². The van der Waals surface area contributed by atoms with Gasteiger partial charge in [-0.3, -0.25) is 9.69 Å². The third-order valence-electron chi connectivity index (χ3n) is 6.99. The fraction of sp³-hybridized carbons (Fsp3) is 0.542. The summed E-state index contributed by atoms with van der Waals surface area (Å²) < 4.78 is 0. The molecular weight excluding hydrogens is 392 g/mol. The lowest BCUT2D eigenvalue weighted by atomic mass is 9.74. The average Bonchev–Trinajstić information content (AvgIpc) is 2.99. The molecule has 3 atom stereocenters. The van der Waals surface area contributed by atoms with Crippen LogP contribution in [0.15, 0.2) is 48.8 Å². The molecule has 2 aliphatic rings. The number of aliphatic hydroxyl groups is 2. The first-order valence-corrected chi connectivity index (χ1v) is 11.3. The van der Waals surface area contributed by atoms with Gasteiger partial charge < -0.3 is 15.5 Å². The van der Waals surface area contributed by atoms with E-state index in [9.17, 15) is 15.0 Å². The number of benzene rings is 1. The maximum atomic E-state index is 12.6. The summed E-state index contributed by atoms with van der Waals surface area (Å²) in [5.74, 6) is -0.105. The molecule has 1 saturated heterocycles. The molecular formula is C24H32N4O3. The average molecular weight is 425 g/mol. The van der Waals surface area contributed by atoms with E-state index < -0.39 is 6.10 Å². The highest BCUT2D eigenvalue weighted by molar-refractivity contribution is 5.90. The summed E-state index contributed by atoms with van der Waals surface area (Å²) in [6.07, 6.45) is 7.22. The predicted octanol–water partition coefficient (Wildman–Crippen LogP) is 1.90. The van der Waals surface area contributed by atoms with Crippen LogP contribution in [0.5, 0.6) is 0 Å². The Morgan fingerprint density at radius 2 is 1.68 bits per heavy atom. The number of hydrogen-bond donors (Lipinski definition) is 3. The number of likely N-dealkylation sites (tertiary alicyclic amines) is 1. The second-order valence-corrected chi connectivity index (χ2v) is 8.88. The predicted molar refractivity (Wildman–Crippen MR) is 118 cm³/mol. The minimum Gasteiger partial charge on any atom is -0.393 e. The largest absolute Gasteiger partial charge is 0.393 e. The Morgan fingerprint density at radius 3 is 2.39 bits per heavy atom. The minimum absolute atomic E-state index is 0.0891. The summed E-state index contributed by atoms with van der Waals surface area (Å²) in [6.45, 7) is 2.12. The molecule has 1 aliphatic heterocycles. The van der Waals surface area contributed by atoms with Crippen LogP contribution in [0.25, 0.3) is 0 Å². The maximum absolute atomic E-state index is 12.6. The van der Waals surface area contributed by atoms with E-state index in [2.05, 4.69) is 32.3 Å². The highest BCUT2D eigenvalue weighted by Crippen LogP contribution is 2.39. The molecule has 2 aromatic rings. The van der Waals surface area contributed by atoms with E-state index >= 15 is 0 Å². The Hall–Kier alpha value is -2.35. The zero-order chi connectivity index (χ0) is 21.7. The summed E-state index contributed by atoms with van der Waals surface area (Å²) in [4.78, 5) is 23.1. The van der Waals surface area contributed by atoms with E-state index in [0.717, 1.165) is 45.2 Å². The Kier molecular flexibility index (Phi) is 6.95. The molecule has 0 spiro atoms. The molecule has 3 N–H and O–H groups in total. The Balaban J connectivity index is 1.52. The first-order chi connectivity index (χ1) is 15.1. The van der Waals surface area contributed by atoms with Crippen LogP contribution in [0.4, 0.5) is 0 Å². The second kappa shape index (κ2) is 9.85. The van der Waals surface area contributed by atoms with Gasteiger partial charge in [0.25, 0.3) is 5.91 Å². The molecule has 1 amide bonds. The van der Waals surface area contributed by atoms with E-state index in [1.54, 1.807) is 18.5 Å². The zero-order valence-electron chi connectivity index (χ0n) is 17.9. The fourth-order valence-corrected chi connectivity index (χ4v) is 5.11. The lowest BCUT2D eigenvalue weighted by Gasteiger charge is -2.38. The highest BCUT2D eigenvalue weighted by Gasteiger charge is 2.40. The van der Waals surface area contributed by atoms with E-state index in [0.29, 0.717) is 13.0 Å². The Bertz CT molecular complexity index is 842. The first kappa shape index (κ1) is 21.9. The van der Waals surface area contributed by atoms with Gasteiger partial charge in [0.1, 0.15) is 0 Å². The van der Waals surface area contributed by atoms with Crippen LogP contribution in [0.2, 0.25) is 0 Å².